The number of ether oxygens (including phenoxy) is 1. The van der Waals surface area contributed by atoms with Gasteiger partial charge in [0.05, 0.1) is 0 Å². The molecule has 0 bridgehead atoms. The fraction of sp³-hybridized carbons (Fsp3) is 0.167. The Hall–Kier alpha value is -2.68. The van der Waals surface area contributed by atoms with E-state index in [-0.39, 0.29) is 21.9 Å². The molecule has 3 aromatic carbocycles. The van der Waals surface area contributed by atoms with Gasteiger partial charge in [0.2, 0.25) is 0 Å². The Bertz CT molecular complexity index is 1190. The molecule has 0 fully saturated rings. The molecular weight excluding hydrogens is 569 g/mol. The molecule has 180 valence electrons. The maximum atomic E-state index is 11.4. The van der Waals surface area contributed by atoms with E-state index in [1.807, 2.05) is 42.5 Å². The van der Waals surface area contributed by atoms with E-state index in [4.69, 9.17) is 9.99 Å². The van der Waals surface area contributed by atoms with Crippen LogP contribution in [-0.4, -0.2) is 35.4 Å². The van der Waals surface area contributed by atoms with Gasteiger partial charge in [-0.1, -0.05) is 59.3 Å². The van der Waals surface area contributed by atoms with E-state index >= 15 is 0 Å². The monoisotopic (exact) mass is 593 g/mol. The molecule has 8 nitrogen and oxygen atoms in total. The van der Waals surface area contributed by atoms with Crippen molar-refractivity contribution in [2.24, 2.45) is 0 Å². The van der Waals surface area contributed by atoms with Crippen molar-refractivity contribution in [3.63, 3.8) is 0 Å². The Labute approximate surface area is 209 Å². The zero-order valence-corrected chi connectivity index (χ0v) is 22.1. The first-order valence-corrected chi connectivity index (χ1v) is 14.3. The van der Waals surface area contributed by atoms with Gasteiger partial charge in [0.1, 0.15) is 6.61 Å². The van der Waals surface area contributed by atoms with Crippen molar-refractivity contribution >= 4 is 52.0 Å². The number of anilines is 1. The molecule has 1 unspecified atom stereocenters. The van der Waals surface area contributed by atoms with Gasteiger partial charge in [-0.15, -0.1) is 0 Å². The molecule has 0 saturated heterocycles. The second kappa shape index (κ2) is 13.3. The summed E-state index contributed by atoms with van der Waals surface area (Å²) < 4.78 is 30.3. The summed E-state index contributed by atoms with van der Waals surface area (Å²) in [4.78, 5) is 22.0. The number of rotatable bonds is 7. The molecule has 3 rings (SSSR count). The third-order valence-corrected chi connectivity index (χ3v) is 7.68. The van der Waals surface area contributed by atoms with Crippen LogP contribution < -0.4 is 9.67 Å². The van der Waals surface area contributed by atoms with Crippen LogP contribution in [0.1, 0.15) is 25.8 Å². The van der Waals surface area contributed by atoms with Crippen LogP contribution in [0.5, 0.6) is 0 Å². The van der Waals surface area contributed by atoms with Crippen LogP contribution in [-0.2, 0) is 28.5 Å². The van der Waals surface area contributed by atoms with Crippen LogP contribution in [0.2, 0.25) is 0 Å². The molecule has 10 heteroatoms. The Morgan fingerprint density at radius 2 is 1.71 bits per heavy atom. The molecule has 1 atom stereocenters. The predicted molar refractivity (Wildman–Crippen MR) is 132 cm³/mol. The summed E-state index contributed by atoms with van der Waals surface area (Å²) in [7, 11) is 0. The fourth-order valence-corrected chi connectivity index (χ4v) is 5.04. The van der Waals surface area contributed by atoms with Gasteiger partial charge in [0.15, 0.2) is 0 Å². The molecule has 0 aliphatic heterocycles. The minimum atomic E-state index is -4.92. The van der Waals surface area contributed by atoms with E-state index in [1.165, 1.54) is 25.1 Å². The van der Waals surface area contributed by atoms with Crippen molar-refractivity contribution in [3.05, 3.63) is 82.8 Å². The van der Waals surface area contributed by atoms with Crippen molar-refractivity contribution < 1.29 is 31.3 Å². The van der Waals surface area contributed by atoms with Crippen LogP contribution in [0.4, 0.5) is 5.69 Å². The first kappa shape index (κ1) is 27.6. The minimum Gasteiger partial charge on any atom is -0.461 e. The molecule has 0 spiro atoms. The predicted octanol–water partition coefficient (Wildman–Crippen LogP) is 4.27. The normalized spacial score (nSPS) is 12.0. The average Bonchev–Trinajstić information content (AvgIpc) is 2.83. The molecule has 3 N–H and O–H groups in total. The first-order chi connectivity index (χ1) is 16.2. The van der Waals surface area contributed by atoms with E-state index in [1.54, 1.807) is 13.0 Å². The third-order valence-electron chi connectivity index (χ3n) is 4.43. The van der Waals surface area contributed by atoms with E-state index in [2.05, 4.69) is 31.2 Å². The summed E-state index contributed by atoms with van der Waals surface area (Å²) in [6, 6.07) is 21.9. The molecule has 0 aromatic heterocycles. The molecule has 0 heterocycles. The van der Waals surface area contributed by atoms with Gasteiger partial charge in [-0.3, -0.25) is 4.79 Å². The number of carbonyl (C=O) groups excluding carboxylic acids is 2. The van der Waals surface area contributed by atoms with Crippen molar-refractivity contribution in [1.29, 1.82) is 0 Å². The average molecular weight is 594 g/mol. The smallest absolute Gasteiger partial charge is 0.305 e. The zero-order valence-electron chi connectivity index (χ0n) is 18.6. The SMILES string of the molecule is CC(=O)Nc1ccccc1[As](=O)(O)OO.CCC(=O)OCc1cccc(-c2ccccc2Br)c1. The number of esters is 1. The Morgan fingerprint density at radius 1 is 1.03 bits per heavy atom. The summed E-state index contributed by atoms with van der Waals surface area (Å²) in [6.07, 6.45) is 0.407. The standard InChI is InChI=1S/C16H15BrO2.C8H10AsNO5/c1-2-16(18)19-11-12-6-5-7-13(10-12)14-8-3-4-9-15(14)17;1-6(11)10-8-5-3-2-4-7(8)9(12,13)15-14/h3-10H,2,11H2,1H3;2-5,14H,1H3,(H,10,11)(H,12,13). The van der Waals surface area contributed by atoms with Gasteiger partial charge in [-0.25, -0.2) is 0 Å². The van der Waals surface area contributed by atoms with Crippen LogP contribution in [0.3, 0.4) is 0 Å². The number of hydrogen-bond acceptors (Lipinski definition) is 6. The summed E-state index contributed by atoms with van der Waals surface area (Å²) >= 11 is -1.38. The fourth-order valence-electron chi connectivity index (χ4n) is 2.85. The molecule has 3 aromatic rings. The Balaban J connectivity index is 0.000000248. The summed E-state index contributed by atoms with van der Waals surface area (Å²) in [5.74, 6) is -0.554. The van der Waals surface area contributed by atoms with E-state index in [9.17, 15) is 17.4 Å². The van der Waals surface area contributed by atoms with E-state index < -0.39 is 14.2 Å². The Kier molecular flexibility index (Phi) is 10.8. The van der Waals surface area contributed by atoms with Crippen LogP contribution in [0, 0.1) is 0 Å². The van der Waals surface area contributed by atoms with Crippen molar-refractivity contribution in [3.8, 4) is 11.1 Å². The van der Waals surface area contributed by atoms with Gasteiger partial charge >= 0.3 is 94.4 Å². The topological polar surface area (TPSA) is 122 Å². The molecule has 0 radical (unpaired) electrons. The molecule has 0 saturated carbocycles. The molecule has 1 amide bonds. The molecular formula is C24H25AsBrNO7. The summed E-state index contributed by atoms with van der Waals surface area (Å²) in [6.45, 7) is 3.39. The van der Waals surface area contributed by atoms with Gasteiger partial charge < -0.3 is 4.74 Å². The number of nitrogens with one attached hydrogen (secondary N) is 1. The summed E-state index contributed by atoms with van der Waals surface area (Å²) in [5.41, 5.74) is 3.39. The number of hydrogen-bond donors (Lipinski definition) is 3. The molecule has 0 aliphatic rings. The number of halogens is 1. The number of benzene rings is 3. The largest absolute Gasteiger partial charge is 0.461 e. The quantitative estimate of drug-likeness (QED) is 0.162. The second-order valence-electron chi connectivity index (χ2n) is 6.99. The van der Waals surface area contributed by atoms with Crippen molar-refractivity contribution in [2.45, 2.75) is 26.9 Å². The van der Waals surface area contributed by atoms with Crippen LogP contribution in [0.25, 0.3) is 11.1 Å². The second-order valence-corrected chi connectivity index (χ2v) is 11.4. The maximum absolute atomic E-state index is 11.4. The van der Waals surface area contributed by atoms with E-state index in [0.29, 0.717) is 13.0 Å². The van der Waals surface area contributed by atoms with Crippen molar-refractivity contribution in [1.82, 2.24) is 0 Å². The number of para-hydroxylation sites is 1. The van der Waals surface area contributed by atoms with Crippen LogP contribution in [0.15, 0.2) is 77.3 Å². The zero-order chi connectivity index (χ0) is 25.1. The van der Waals surface area contributed by atoms with E-state index in [0.717, 1.165) is 21.2 Å². The molecule has 34 heavy (non-hydrogen) atoms. The summed E-state index contributed by atoms with van der Waals surface area (Å²) in [5, 5.41) is 10.7. The molecule has 0 aliphatic carbocycles. The number of amides is 1. The van der Waals surface area contributed by atoms with Crippen molar-refractivity contribution in [2.75, 3.05) is 5.32 Å². The van der Waals surface area contributed by atoms with Gasteiger partial charge in [0, 0.05) is 10.9 Å². The maximum Gasteiger partial charge on any atom is 0.305 e. The van der Waals surface area contributed by atoms with Crippen LogP contribution >= 0.6 is 15.9 Å². The first-order valence-electron chi connectivity index (χ1n) is 10.2. The van der Waals surface area contributed by atoms with Gasteiger partial charge in [0.25, 0.3) is 0 Å². The third kappa shape index (κ3) is 8.27. The van der Waals surface area contributed by atoms with Gasteiger partial charge in [-0.05, 0) is 28.8 Å². The van der Waals surface area contributed by atoms with Gasteiger partial charge in [-0.2, -0.15) is 0 Å². The number of carbonyl (C=O) groups is 2. The minimum absolute atomic E-state index is 0.103. The Morgan fingerprint density at radius 3 is 2.35 bits per heavy atom.